The van der Waals surface area contributed by atoms with Crippen LogP contribution >= 0.6 is 15.9 Å². The van der Waals surface area contributed by atoms with Crippen LogP contribution in [0.3, 0.4) is 0 Å². The molecule has 1 spiro atoms. The van der Waals surface area contributed by atoms with E-state index in [1.54, 1.807) is 17.9 Å². The Morgan fingerprint density at radius 2 is 1.65 bits per heavy atom. The summed E-state index contributed by atoms with van der Waals surface area (Å²) >= 11 is 3.63. The van der Waals surface area contributed by atoms with Crippen LogP contribution in [0.2, 0.25) is 0 Å². The number of cyclic esters (lactones) is 1. The van der Waals surface area contributed by atoms with Crippen LogP contribution < -0.4 is 5.32 Å². The number of aliphatic hydroxyl groups is 1. The third kappa shape index (κ3) is 6.84. The lowest BCUT2D eigenvalue weighted by molar-refractivity contribution is -0.162. The first-order chi connectivity index (χ1) is 25.2. The summed E-state index contributed by atoms with van der Waals surface area (Å²) in [4.78, 5) is 63.2. The fourth-order valence-corrected chi connectivity index (χ4v) is 9.10. The first-order valence-corrected chi connectivity index (χ1v) is 18.9. The van der Waals surface area contributed by atoms with Crippen molar-refractivity contribution in [2.24, 2.45) is 11.8 Å². The van der Waals surface area contributed by atoms with Gasteiger partial charge in [-0.2, -0.15) is 0 Å². The van der Waals surface area contributed by atoms with E-state index >= 15 is 4.79 Å². The number of likely N-dealkylation sites (tertiary alicyclic amines) is 1. The van der Waals surface area contributed by atoms with Crippen molar-refractivity contribution in [1.82, 2.24) is 20.0 Å². The molecule has 5 aliphatic heterocycles. The van der Waals surface area contributed by atoms with Crippen molar-refractivity contribution < 1.29 is 38.5 Å². The Morgan fingerprint density at radius 1 is 0.942 bits per heavy atom. The van der Waals surface area contributed by atoms with Crippen molar-refractivity contribution in [3.63, 3.8) is 0 Å². The van der Waals surface area contributed by atoms with Crippen LogP contribution in [0.15, 0.2) is 83.4 Å². The first kappa shape index (κ1) is 36.5. The van der Waals surface area contributed by atoms with Crippen LogP contribution in [0, 0.1) is 11.8 Å². The quantitative estimate of drug-likeness (QED) is 0.321. The molecule has 0 unspecified atom stereocenters. The Labute approximate surface area is 311 Å². The van der Waals surface area contributed by atoms with E-state index in [0.29, 0.717) is 48.3 Å². The molecule has 0 saturated carbocycles. The molecule has 3 fully saturated rings. The van der Waals surface area contributed by atoms with Crippen molar-refractivity contribution in [3.05, 3.63) is 94.5 Å². The van der Waals surface area contributed by atoms with Gasteiger partial charge in [0.2, 0.25) is 17.7 Å². The number of nitrogens with one attached hydrogen (secondary N) is 1. The second kappa shape index (κ2) is 15.6. The van der Waals surface area contributed by atoms with E-state index in [1.807, 2.05) is 72.8 Å². The summed E-state index contributed by atoms with van der Waals surface area (Å²) in [5.41, 5.74) is -0.178. The van der Waals surface area contributed by atoms with Crippen LogP contribution in [-0.2, 0) is 33.4 Å². The Bertz CT molecular complexity index is 1700. The number of hydrogen-bond donors (Lipinski definition) is 2. The lowest BCUT2D eigenvalue weighted by atomic mass is 9.74. The molecule has 0 radical (unpaired) electrons. The van der Waals surface area contributed by atoms with Crippen LogP contribution in [0.1, 0.15) is 43.0 Å². The molecule has 8 atom stereocenters. The summed E-state index contributed by atoms with van der Waals surface area (Å²) in [7, 11) is 0. The average molecular weight is 778 g/mol. The van der Waals surface area contributed by atoms with Gasteiger partial charge < -0.3 is 34.4 Å². The molecule has 5 bridgehead atoms. The SMILES string of the molecule is C[C@H]1NC(=O)CC/C=C\CN(CCN2CCOCC2)C(=O)[C@@H]2N([C@H](CO)c3ccccc3)C(=O)[C@H]3[C@H](C(=O)O[C@@H]1c1ccccc1)[C@H]1O[C@@]23C=C1Br. The van der Waals surface area contributed by atoms with E-state index in [9.17, 15) is 19.5 Å². The first-order valence-electron chi connectivity index (χ1n) is 18.1. The molecule has 52 heavy (non-hydrogen) atoms. The van der Waals surface area contributed by atoms with Gasteiger partial charge in [-0.05, 0) is 30.5 Å². The van der Waals surface area contributed by atoms with Crippen LogP contribution in [0.5, 0.6) is 0 Å². The van der Waals surface area contributed by atoms with Gasteiger partial charge in [-0.25, -0.2) is 0 Å². The van der Waals surface area contributed by atoms with Crippen molar-refractivity contribution in [2.45, 2.75) is 55.7 Å². The maximum atomic E-state index is 15.2. The minimum absolute atomic E-state index is 0.201. The minimum atomic E-state index is -1.51. The Kier molecular flexibility index (Phi) is 11.0. The van der Waals surface area contributed by atoms with Crippen molar-refractivity contribution in [3.8, 4) is 0 Å². The number of allylic oxidation sites excluding steroid dienone is 1. The fraction of sp³-hybridized carbons (Fsp3) is 0.487. The minimum Gasteiger partial charge on any atom is -0.455 e. The van der Waals surface area contributed by atoms with Crippen molar-refractivity contribution in [1.29, 1.82) is 0 Å². The number of aliphatic hydroxyl groups excluding tert-OH is 1. The standard InChI is InChI=1S/C39H45BrN4O8/c1-25-33(27-13-7-3-8-14-27)51-38(49)31-32-36(47)44(29(24-45)26-11-5-2-6-12-26)35(39(32)23-28(40)34(31)52-39)37(48)43(16-10-4-9-15-30(46)41-25)18-17-42-19-21-50-22-20-42/h2-8,10-14,23,25,29,31-35,45H,9,15-22,24H2,1H3,(H,41,46)/b10-4-/t25-,29-,31+,32-,33+,34+,35+,39-/m1/s1. The topological polar surface area (TPSA) is 138 Å². The van der Waals surface area contributed by atoms with Gasteiger partial charge in [0, 0.05) is 43.6 Å². The molecular weight excluding hydrogens is 732 g/mol. The summed E-state index contributed by atoms with van der Waals surface area (Å²) in [5, 5.41) is 13.9. The van der Waals surface area contributed by atoms with Gasteiger partial charge in [-0.3, -0.25) is 24.1 Å². The smallest absolute Gasteiger partial charge is 0.313 e. The molecule has 12 nitrogen and oxygen atoms in total. The molecule has 7 rings (SSSR count). The van der Waals surface area contributed by atoms with Gasteiger partial charge in [0.05, 0.1) is 37.8 Å². The number of esters is 1. The summed E-state index contributed by atoms with van der Waals surface area (Å²) in [6.45, 7) is 5.19. The van der Waals surface area contributed by atoms with Crippen molar-refractivity contribution >= 4 is 39.6 Å². The number of amides is 3. The number of fused-ring (bicyclic) bond motifs is 2. The van der Waals surface area contributed by atoms with Gasteiger partial charge in [0.15, 0.2) is 0 Å². The number of morpholine rings is 1. The number of benzene rings is 2. The average Bonchev–Trinajstić information content (AvgIpc) is 3.75. The van der Waals surface area contributed by atoms with E-state index in [1.165, 1.54) is 4.90 Å². The molecule has 3 saturated heterocycles. The fourth-order valence-electron chi connectivity index (χ4n) is 8.36. The molecule has 2 N–H and O–H groups in total. The number of nitrogens with zero attached hydrogens (tertiary/aromatic N) is 3. The predicted molar refractivity (Wildman–Crippen MR) is 194 cm³/mol. The molecule has 0 aliphatic carbocycles. The monoisotopic (exact) mass is 776 g/mol. The largest absolute Gasteiger partial charge is 0.455 e. The molecular formula is C39H45BrN4O8. The number of halogens is 1. The van der Waals surface area contributed by atoms with Crippen molar-refractivity contribution in [2.75, 3.05) is 52.5 Å². The van der Waals surface area contributed by atoms with Gasteiger partial charge in [0.25, 0.3) is 0 Å². The van der Waals surface area contributed by atoms with E-state index in [-0.39, 0.29) is 24.8 Å². The molecule has 2 aromatic rings. The Morgan fingerprint density at radius 3 is 2.37 bits per heavy atom. The highest BCUT2D eigenvalue weighted by atomic mass is 79.9. The maximum absolute atomic E-state index is 15.2. The van der Waals surface area contributed by atoms with E-state index in [2.05, 4.69) is 26.1 Å². The van der Waals surface area contributed by atoms with Gasteiger partial charge in [-0.15, -0.1) is 0 Å². The third-order valence-corrected chi connectivity index (χ3v) is 11.6. The van der Waals surface area contributed by atoms with Gasteiger partial charge in [0.1, 0.15) is 29.8 Å². The summed E-state index contributed by atoms with van der Waals surface area (Å²) in [6.07, 6.45) is 4.44. The number of carbonyl (C=O) groups excluding carboxylic acids is 4. The van der Waals surface area contributed by atoms with E-state index < -0.39 is 66.3 Å². The Hall–Kier alpha value is -3.88. The highest BCUT2D eigenvalue weighted by molar-refractivity contribution is 9.11. The van der Waals surface area contributed by atoms with Gasteiger partial charge >= 0.3 is 5.97 Å². The van der Waals surface area contributed by atoms with Crippen LogP contribution in [0.25, 0.3) is 0 Å². The summed E-state index contributed by atoms with van der Waals surface area (Å²) in [6, 6.07) is 15.6. The second-order valence-electron chi connectivity index (χ2n) is 14.1. The number of rotatable bonds is 7. The number of carbonyl (C=O) groups is 4. The lowest BCUT2D eigenvalue weighted by Crippen LogP contribution is -2.57. The third-order valence-electron chi connectivity index (χ3n) is 10.9. The number of hydrogen-bond acceptors (Lipinski definition) is 9. The zero-order chi connectivity index (χ0) is 36.4. The van der Waals surface area contributed by atoms with Crippen LogP contribution in [0.4, 0.5) is 0 Å². The Balaban J connectivity index is 1.32. The molecule has 0 aromatic heterocycles. The highest BCUT2D eigenvalue weighted by Crippen LogP contribution is 2.60. The molecule has 5 aliphatic rings. The number of ether oxygens (including phenoxy) is 3. The molecule has 2 aromatic carbocycles. The molecule has 276 valence electrons. The molecule has 13 heteroatoms. The van der Waals surface area contributed by atoms with Gasteiger partial charge in [-0.1, -0.05) is 88.7 Å². The highest BCUT2D eigenvalue weighted by Gasteiger charge is 2.75. The van der Waals surface area contributed by atoms with E-state index in [0.717, 1.165) is 13.1 Å². The predicted octanol–water partition coefficient (Wildman–Crippen LogP) is 2.89. The normalized spacial score (nSPS) is 32.6. The lowest BCUT2D eigenvalue weighted by Gasteiger charge is -2.39. The zero-order valence-electron chi connectivity index (χ0n) is 29.1. The maximum Gasteiger partial charge on any atom is 0.313 e. The summed E-state index contributed by atoms with van der Waals surface area (Å²) < 4.78 is 19.1. The van der Waals surface area contributed by atoms with Crippen LogP contribution in [-0.4, -0.2) is 120 Å². The van der Waals surface area contributed by atoms with E-state index in [4.69, 9.17) is 14.2 Å². The zero-order valence-corrected chi connectivity index (χ0v) is 30.7. The summed E-state index contributed by atoms with van der Waals surface area (Å²) in [5.74, 6) is -3.90. The second-order valence-corrected chi connectivity index (χ2v) is 15.0. The molecule has 5 heterocycles. The molecule has 3 amide bonds.